The molecule has 0 bridgehead atoms. The van der Waals surface area contributed by atoms with Gasteiger partial charge in [-0.05, 0) is 31.5 Å². The van der Waals surface area contributed by atoms with Crippen LogP contribution in [0.3, 0.4) is 0 Å². The van der Waals surface area contributed by atoms with Gasteiger partial charge in [0.15, 0.2) is 0 Å². The number of likely N-dealkylation sites (N-methyl/N-ethyl adjacent to an activating group) is 1. The van der Waals surface area contributed by atoms with Crippen molar-refractivity contribution in [3.63, 3.8) is 0 Å². The van der Waals surface area contributed by atoms with Gasteiger partial charge in [-0.25, -0.2) is 0 Å². The minimum Gasteiger partial charge on any atom is -0.340 e. The Balaban J connectivity index is 1.98. The summed E-state index contributed by atoms with van der Waals surface area (Å²) in [5, 5.41) is 5.20. The molecule has 0 spiro atoms. The van der Waals surface area contributed by atoms with E-state index in [0.29, 0.717) is 29.7 Å². The van der Waals surface area contributed by atoms with Crippen LogP contribution < -0.4 is 0 Å². The fourth-order valence-electron chi connectivity index (χ4n) is 2.50. The highest BCUT2D eigenvalue weighted by atomic mass is 35.5. The Labute approximate surface area is 159 Å². The van der Waals surface area contributed by atoms with Gasteiger partial charge in [0.05, 0.1) is 22.8 Å². The molecule has 2 aromatic rings. The minimum absolute atomic E-state index is 0.0589. The van der Waals surface area contributed by atoms with Gasteiger partial charge in [0.1, 0.15) is 0 Å². The second kappa shape index (κ2) is 8.70. The zero-order valence-corrected chi connectivity index (χ0v) is 16.6. The molecule has 0 fully saturated rings. The third kappa shape index (κ3) is 5.73. The molecule has 7 heteroatoms. The molecule has 0 aliphatic heterocycles. The first kappa shape index (κ1) is 19.8. The van der Waals surface area contributed by atoms with Crippen molar-refractivity contribution in [2.75, 3.05) is 13.6 Å². The van der Waals surface area contributed by atoms with Crippen molar-refractivity contribution >= 4 is 29.1 Å². The number of carbonyl (C=O) groups is 1. The highest BCUT2D eigenvalue weighted by molar-refractivity contribution is 6.42. The monoisotopic (exact) mass is 382 g/mol. The molecule has 0 aliphatic rings. The summed E-state index contributed by atoms with van der Waals surface area (Å²) >= 11 is 12.0. The molecule has 0 atom stereocenters. The SMILES string of the molecule is CC(C)N(CC(=O)N(C)Cc1ccc(Cl)c(Cl)c1)Cc1cnn(C)c1. The van der Waals surface area contributed by atoms with E-state index in [1.807, 2.05) is 25.5 Å². The number of amides is 1. The van der Waals surface area contributed by atoms with E-state index in [2.05, 4.69) is 23.8 Å². The van der Waals surface area contributed by atoms with E-state index in [0.717, 1.165) is 11.1 Å². The van der Waals surface area contributed by atoms with Gasteiger partial charge in [0.25, 0.3) is 0 Å². The van der Waals surface area contributed by atoms with Crippen molar-refractivity contribution in [3.05, 3.63) is 51.8 Å². The summed E-state index contributed by atoms with van der Waals surface area (Å²) in [5.41, 5.74) is 2.05. The average molecular weight is 383 g/mol. The summed E-state index contributed by atoms with van der Waals surface area (Å²) in [6.07, 6.45) is 3.80. The number of rotatable bonds is 7. The number of aromatic nitrogens is 2. The second-order valence-corrected chi connectivity index (χ2v) is 7.33. The van der Waals surface area contributed by atoms with Crippen LogP contribution in [0.2, 0.25) is 10.0 Å². The van der Waals surface area contributed by atoms with Crippen LogP contribution in [-0.4, -0.2) is 45.1 Å². The summed E-state index contributed by atoms with van der Waals surface area (Å²) in [5.74, 6) is 0.0589. The van der Waals surface area contributed by atoms with Crippen LogP contribution in [0.25, 0.3) is 0 Å². The molecule has 1 amide bonds. The summed E-state index contributed by atoms with van der Waals surface area (Å²) in [6.45, 7) is 5.71. The lowest BCUT2D eigenvalue weighted by Gasteiger charge is -2.28. The van der Waals surface area contributed by atoms with Crippen molar-refractivity contribution in [2.45, 2.75) is 33.0 Å². The number of hydrogen-bond acceptors (Lipinski definition) is 3. The maximum atomic E-state index is 12.6. The predicted molar refractivity (Wildman–Crippen MR) is 102 cm³/mol. The third-order valence-electron chi connectivity index (χ3n) is 4.04. The highest BCUT2D eigenvalue weighted by Gasteiger charge is 2.18. The van der Waals surface area contributed by atoms with Gasteiger partial charge in [-0.3, -0.25) is 14.4 Å². The van der Waals surface area contributed by atoms with Gasteiger partial charge < -0.3 is 4.90 Å². The lowest BCUT2D eigenvalue weighted by Crippen LogP contribution is -2.40. The minimum atomic E-state index is 0.0589. The quantitative estimate of drug-likeness (QED) is 0.734. The summed E-state index contributed by atoms with van der Waals surface area (Å²) < 4.78 is 1.77. The zero-order valence-electron chi connectivity index (χ0n) is 15.0. The van der Waals surface area contributed by atoms with Crippen molar-refractivity contribution in [3.8, 4) is 0 Å². The van der Waals surface area contributed by atoms with Crippen molar-refractivity contribution in [1.29, 1.82) is 0 Å². The van der Waals surface area contributed by atoms with Crippen molar-refractivity contribution in [1.82, 2.24) is 19.6 Å². The normalized spacial score (nSPS) is 11.4. The van der Waals surface area contributed by atoms with Crippen LogP contribution in [-0.2, 0) is 24.9 Å². The van der Waals surface area contributed by atoms with Crippen LogP contribution in [0.15, 0.2) is 30.6 Å². The fourth-order valence-corrected chi connectivity index (χ4v) is 2.82. The van der Waals surface area contributed by atoms with Crippen molar-refractivity contribution < 1.29 is 4.79 Å². The van der Waals surface area contributed by atoms with Crippen LogP contribution in [0.1, 0.15) is 25.0 Å². The lowest BCUT2D eigenvalue weighted by molar-refractivity contribution is -0.132. The van der Waals surface area contributed by atoms with Gasteiger partial charge in [-0.15, -0.1) is 0 Å². The number of carbonyl (C=O) groups excluding carboxylic acids is 1. The summed E-state index contributed by atoms with van der Waals surface area (Å²) in [7, 11) is 3.69. The summed E-state index contributed by atoms with van der Waals surface area (Å²) in [6, 6.07) is 5.68. The van der Waals surface area contributed by atoms with Gasteiger partial charge >= 0.3 is 0 Å². The molecule has 5 nitrogen and oxygen atoms in total. The van der Waals surface area contributed by atoms with Crippen LogP contribution in [0.4, 0.5) is 0 Å². The van der Waals surface area contributed by atoms with E-state index in [1.54, 1.807) is 28.8 Å². The Morgan fingerprint density at radius 2 is 1.92 bits per heavy atom. The predicted octanol–water partition coefficient (Wildman–Crippen LogP) is 3.60. The van der Waals surface area contributed by atoms with Crippen LogP contribution in [0.5, 0.6) is 0 Å². The van der Waals surface area contributed by atoms with Gasteiger partial charge in [-0.2, -0.15) is 5.10 Å². The molecule has 0 saturated carbocycles. The van der Waals surface area contributed by atoms with Gasteiger partial charge in [-0.1, -0.05) is 29.3 Å². The molecule has 136 valence electrons. The molecule has 0 radical (unpaired) electrons. The molecular weight excluding hydrogens is 359 g/mol. The van der Waals surface area contributed by atoms with E-state index in [4.69, 9.17) is 23.2 Å². The number of hydrogen-bond donors (Lipinski definition) is 0. The average Bonchev–Trinajstić information content (AvgIpc) is 2.95. The Morgan fingerprint density at radius 3 is 2.48 bits per heavy atom. The van der Waals surface area contributed by atoms with Crippen molar-refractivity contribution in [2.24, 2.45) is 7.05 Å². The Hall–Kier alpha value is -1.56. The third-order valence-corrected chi connectivity index (χ3v) is 4.78. The molecule has 1 heterocycles. The van der Waals surface area contributed by atoms with E-state index in [1.165, 1.54) is 0 Å². The van der Waals surface area contributed by atoms with Crippen LogP contribution in [0, 0.1) is 0 Å². The maximum absolute atomic E-state index is 12.6. The molecule has 0 aliphatic carbocycles. The largest absolute Gasteiger partial charge is 0.340 e. The number of nitrogens with zero attached hydrogens (tertiary/aromatic N) is 4. The Kier molecular flexibility index (Phi) is 6.87. The molecule has 1 aromatic heterocycles. The Morgan fingerprint density at radius 1 is 1.20 bits per heavy atom. The zero-order chi connectivity index (χ0) is 18.6. The molecule has 1 aromatic carbocycles. The van der Waals surface area contributed by atoms with E-state index < -0.39 is 0 Å². The second-order valence-electron chi connectivity index (χ2n) is 6.52. The van der Waals surface area contributed by atoms with Gasteiger partial charge in [0.2, 0.25) is 5.91 Å². The highest BCUT2D eigenvalue weighted by Crippen LogP contribution is 2.23. The molecule has 0 unspecified atom stereocenters. The van der Waals surface area contributed by atoms with Gasteiger partial charge in [0, 0.05) is 45.0 Å². The van der Waals surface area contributed by atoms with E-state index in [9.17, 15) is 4.79 Å². The van der Waals surface area contributed by atoms with Crippen LogP contribution >= 0.6 is 23.2 Å². The molecule has 0 N–H and O–H groups in total. The number of benzene rings is 1. The number of aryl methyl sites for hydroxylation is 1. The Bertz CT molecular complexity index is 730. The first-order chi connectivity index (χ1) is 11.8. The fraction of sp³-hybridized carbons (Fsp3) is 0.444. The molecular formula is C18H24Cl2N4O. The topological polar surface area (TPSA) is 41.4 Å². The first-order valence-corrected chi connectivity index (χ1v) is 8.91. The van der Waals surface area contributed by atoms with E-state index in [-0.39, 0.29) is 11.9 Å². The first-order valence-electron chi connectivity index (χ1n) is 8.15. The smallest absolute Gasteiger partial charge is 0.236 e. The van der Waals surface area contributed by atoms with E-state index >= 15 is 0 Å². The standard InChI is InChI=1S/C18H24Cl2N4O/c1-13(2)24(11-15-8-21-23(4)10-15)12-18(25)22(3)9-14-5-6-16(19)17(20)7-14/h5-8,10,13H,9,11-12H2,1-4H3. The maximum Gasteiger partial charge on any atom is 0.236 e. The lowest BCUT2D eigenvalue weighted by atomic mass is 10.2. The molecule has 2 rings (SSSR count). The number of halogens is 2. The summed E-state index contributed by atoms with van der Waals surface area (Å²) in [4.78, 5) is 16.5. The molecule has 0 saturated heterocycles. The molecule has 25 heavy (non-hydrogen) atoms.